The number of fused-ring (bicyclic) bond motifs is 4. The van der Waals surface area contributed by atoms with Crippen molar-refractivity contribution in [1.29, 1.82) is 0 Å². The number of hydrogen-bond donors (Lipinski definition) is 0. The summed E-state index contributed by atoms with van der Waals surface area (Å²) in [5.41, 5.74) is 3.04. The van der Waals surface area contributed by atoms with Gasteiger partial charge >= 0.3 is 0 Å². The molecule has 0 aromatic carbocycles. The van der Waals surface area contributed by atoms with Crippen molar-refractivity contribution < 1.29 is 0 Å². The smallest absolute Gasteiger partial charge is 0.0127 e. The van der Waals surface area contributed by atoms with E-state index in [0.717, 1.165) is 35.8 Å². The summed E-state index contributed by atoms with van der Waals surface area (Å²) < 4.78 is 0. The summed E-state index contributed by atoms with van der Waals surface area (Å²) in [7, 11) is 6.95. The molecule has 146 valence electrons. The molecule has 1 spiro atoms. The van der Waals surface area contributed by atoms with Crippen LogP contribution in [0, 0.1) is 34.5 Å². The van der Waals surface area contributed by atoms with Crippen molar-refractivity contribution in [2.75, 3.05) is 27.7 Å². The molecule has 0 N–H and O–H groups in total. The molecule has 1 aliphatic heterocycles. The van der Waals surface area contributed by atoms with Crippen molar-refractivity contribution in [3.8, 4) is 0 Å². The van der Waals surface area contributed by atoms with Gasteiger partial charge in [0.1, 0.15) is 0 Å². The van der Waals surface area contributed by atoms with E-state index >= 15 is 0 Å². The van der Waals surface area contributed by atoms with Gasteiger partial charge in [0.05, 0.1) is 0 Å². The molecule has 4 aliphatic carbocycles. The second kappa shape index (κ2) is 5.83. The Morgan fingerprint density at radius 1 is 1.04 bits per heavy atom. The molecule has 5 rings (SSSR count). The van der Waals surface area contributed by atoms with Crippen LogP contribution in [0.5, 0.6) is 0 Å². The molecule has 0 aromatic heterocycles. The van der Waals surface area contributed by atoms with E-state index in [1.54, 1.807) is 0 Å². The molecule has 2 nitrogen and oxygen atoms in total. The van der Waals surface area contributed by atoms with E-state index < -0.39 is 0 Å². The second-order valence-corrected chi connectivity index (χ2v) is 11.2. The third-order valence-corrected chi connectivity index (χ3v) is 10.4. The largest absolute Gasteiger partial charge is 0.306 e. The van der Waals surface area contributed by atoms with Crippen LogP contribution in [0.1, 0.15) is 65.2 Å². The maximum Gasteiger partial charge on any atom is 0.0127 e. The van der Waals surface area contributed by atoms with Gasteiger partial charge in [-0.2, -0.15) is 0 Å². The summed E-state index contributed by atoms with van der Waals surface area (Å²) in [5, 5.41) is 0. The van der Waals surface area contributed by atoms with Crippen LogP contribution in [-0.2, 0) is 0 Å². The Morgan fingerprint density at radius 2 is 1.81 bits per heavy atom. The molecule has 8 atom stereocenters. The van der Waals surface area contributed by atoms with Crippen LogP contribution in [0.4, 0.5) is 0 Å². The van der Waals surface area contributed by atoms with Gasteiger partial charge in [-0.15, -0.1) is 0 Å². The predicted octanol–water partition coefficient (Wildman–Crippen LogP) is 4.81. The molecule has 3 saturated carbocycles. The Balaban J connectivity index is 1.45. The minimum Gasteiger partial charge on any atom is -0.306 e. The number of nitrogens with zero attached hydrogens (tertiary/aromatic N) is 2. The summed E-state index contributed by atoms with van der Waals surface area (Å²) in [6, 6.07) is 1.60. The summed E-state index contributed by atoms with van der Waals surface area (Å²) in [4.78, 5) is 5.17. The first-order valence-corrected chi connectivity index (χ1v) is 11.4. The van der Waals surface area contributed by atoms with Gasteiger partial charge in [-0.3, -0.25) is 0 Å². The third-order valence-electron chi connectivity index (χ3n) is 10.4. The lowest BCUT2D eigenvalue weighted by molar-refractivity contribution is -0.0430. The monoisotopic (exact) mass is 356 g/mol. The lowest BCUT2D eigenvalue weighted by Crippen LogP contribution is -2.52. The Labute approximate surface area is 161 Å². The molecule has 0 bridgehead atoms. The molecule has 2 heteroatoms. The maximum absolute atomic E-state index is 2.74. The van der Waals surface area contributed by atoms with Gasteiger partial charge in [-0.25, -0.2) is 0 Å². The van der Waals surface area contributed by atoms with E-state index in [0.29, 0.717) is 10.8 Å². The molecular formula is C24H40N2. The van der Waals surface area contributed by atoms with Gasteiger partial charge in [0.2, 0.25) is 0 Å². The first kappa shape index (κ1) is 17.7. The highest BCUT2D eigenvalue weighted by molar-refractivity contribution is 5.26. The zero-order chi connectivity index (χ0) is 18.3. The van der Waals surface area contributed by atoms with Crippen LogP contribution in [0.3, 0.4) is 0 Å². The first-order chi connectivity index (χ1) is 12.4. The third kappa shape index (κ3) is 2.18. The minimum atomic E-state index is 0.519. The van der Waals surface area contributed by atoms with Crippen LogP contribution in [0.25, 0.3) is 0 Å². The summed E-state index contributed by atoms with van der Waals surface area (Å²) in [6.45, 7) is 6.56. The van der Waals surface area contributed by atoms with E-state index in [1.165, 1.54) is 57.9 Å². The zero-order valence-electron chi connectivity index (χ0n) is 17.8. The lowest BCUT2D eigenvalue weighted by atomic mass is 9.47. The zero-order valence-corrected chi connectivity index (χ0v) is 17.8. The van der Waals surface area contributed by atoms with Gasteiger partial charge in [-0.05, 0) is 114 Å². The minimum absolute atomic E-state index is 0.519. The van der Waals surface area contributed by atoms with Gasteiger partial charge in [0.25, 0.3) is 0 Å². The van der Waals surface area contributed by atoms with Gasteiger partial charge in [-0.1, -0.05) is 18.6 Å². The van der Waals surface area contributed by atoms with Crippen molar-refractivity contribution >= 4 is 0 Å². The fraction of sp³-hybridized carbons (Fsp3) is 0.917. The topological polar surface area (TPSA) is 6.48 Å². The number of allylic oxidation sites excluding steroid dienone is 1. The Bertz CT molecular complexity index is 609. The molecule has 6 unspecified atom stereocenters. The van der Waals surface area contributed by atoms with Crippen molar-refractivity contribution in [2.45, 2.75) is 77.3 Å². The molecule has 1 saturated heterocycles. The SMILES string of the molecule is C[C@H]1C2CCC3C4CC=C5C[C@@H](N(C)C)CCC5(C)C4CCC32CN1C. The van der Waals surface area contributed by atoms with E-state index in [9.17, 15) is 0 Å². The second-order valence-electron chi connectivity index (χ2n) is 11.2. The van der Waals surface area contributed by atoms with Crippen LogP contribution in [0.2, 0.25) is 0 Å². The maximum atomic E-state index is 2.74. The van der Waals surface area contributed by atoms with Crippen LogP contribution < -0.4 is 0 Å². The van der Waals surface area contributed by atoms with Gasteiger partial charge < -0.3 is 9.80 Å². The van der Waals surface area contributed by atoms with Crippen molar-refractivity contribution in [3.63, 3.8) is 0 Å². The molecule has 0 aromatic rings. The normalized spacial score (nSPS) is 53.7. The molecule has 0 radical (unpaired) electrons. The van der Waals surface area contributed by atoms with E-state index in [4.69, 9.17) is 0 Å². The average molecular weight is 357 g/mol. The predicted molar refractivity (Wildman–Crippen MR) is 109 cm³/mol. The molecule has 0 amide bonds. The highest BCUT2D eigenvalue weighted by atomic mass is 15.2. The van der Waals surface area contributed by atoms with Gasteiger partial charge in [0.15, 0.2) is 0 Å². The van der Waals surface area contributed by atoms with Crippen molar-refractivity contribution in [3.05, 3.63) is 11.6 Å². The molecule has 26 heavy (non-hydrogen) atoms. The van der Waals surface area contributed by atoms with Crippen LogP contribution in [-0.4, -0.2) is 49.6 Å². The van der Waals surface area contributed by atoms with Crippen molar-refractivity contribution in [1.82, 2.24) is 9.80 Å². The van der Waals surface area contributed by atoms with E-state index in [2.05, 4.69) is 50.9 Å². The highest BCUT2D eigenvalue weighted by Gasteiger charge is 2.63. The fourth-order valence-electron chi connectivity index (χ4n) is 8.88. The number of likely N-dealkylation sites (tertiary alicyclic amines) is 1. The van der Waals surface area contributed by atoms with Crippen LogP contribution in [0.15, 0.2) is 11.6 Å². The molecular weight excluding hydrogens is 316 g/mol. The fourth-order valence-corrected chi connectivity index (χ4v) is 8.88. The summed E-state index contributed by atoms with van der Waals surface area (Å²) >= 11 is 0. The summed E-state index contributed by atoms with van der Waals surface area (Å²) in [5.74, 6) is 3.96. The Hall–Kier alpha value is -0.340. The standard InChI is InChI=1S/C24H40N2/c1-16-20-8-9-22-19-7-6-17-14-18(25(3)4)10-12-23(17,2)21(19)11-13-24(20,22)15-26(16)5/h6,16,18-22H,7-15H2,1-5H3/t16-,18-,19?,20?,21?,22?,23?,24?/m0/s1. The average Bonchev–Trinajstić information content (AvgIpc) is 3.08. The molecule has 4 fully saturated rings. The van der Waals surface area contributed by atoms with Crippen LogP contribution >= 0.6 is 0 Å². The summed E-state index contributed by atoms with van der Waals surface area (Å²) in [6.07, 6.45) is 14.4. The van der Waals surface area contributed by atoms with Gasteiger partial charge in [0, 0.05) is 18.6 Å². The Morgan fingerprint density at radius 3 is 2.58 bits per heavy atom. The quantitative estimate of drug-likeness (QED) is 0.622. The van der Waals surface area contributed by atoms with E-state index in [1.807, 2.05) is 5.57 Å². The lowest BCUT2D eigenvalue weighted by Gasteiger charge is -2.58. The number of rotatable bonds is 1. The number of hydrogen-bond acceptors (Lipinski definition) is 2. The van der Waals surface area contributed by atoms with E-state index in [-0.39, 0.29) is 0 Å². The molecule has 5 aliphatic rings. The highest BCUT2D eigenvalue weighted by Crippen LogP contribution is 2.68. The van der Waals surface area contributed by atoms with Crippen molar-refractivity contribution in [2.24, 2.45) is 34.5 Å². The first-order valence-electron chi connectivity index (χ1n) is 11.4. The Kier molecular flexibility index (Phi) is 3.98. The molecule has 1 heterocycles.